The number of ether oxygens (including phenoxy) is 1. The first kappa shape index (κ1) is 13.5. The fourth-order valence-electron chi connectivity index (χ4n) is 1.54. The monoisotopic (exact) mass is 233 g/mol. The Morgan fingerprint density at radius 3 is 2.65 bits per heavy atom. The van der Waals surface area contributed by atoms with Gasteiger partial charge in [-0.05, 0) is 12.0 Å². The molecule has 3 heteroatoms. The zero-order chi connectivity index (χ0) is 12.5. The van der Waals surface area contributed by atoms with Crippen LogP contribution in [0.2, 0.25) is 0 Å². The van der Waals surface area contributed by atoms with Crippen LogP contribution >= 0.6 is 0 Å². The number of benzene rings is 1. The van der Waals surface area contributed by atoms with Crippen LogP contribution in [0, 0.1) is 0 Å². The molecule has 0 saturated heterocycles. The van der Waals surface area contributed by atoms with E-state index in [2.05, 4.69) is 5.32 Å². The lowest BCUT2D eigenvalue weighted by atomic mass is 10.2. The molecule has 0 spiro atoms. The second-order valence-electron chi connectivity index (χ2n) is 3.72. The van der Waals surface area contributed by atoms with Crippen LogP contribution in [0.1, 0.15) is 18.9 Å². The van der Waals surface area contributed by atoms with E-state index >= 15 is 0 Å². The average molecular weight is 233 g/mol. The van der Waals surface area contributed by atoms with E-state index in [1.54, 1.807) is 0 Å². The number of carbonyl (C=O) groups is 1. The summed E-state index contributed by atoms with van der Waals surface area (Å²) in [6.07, 6.45) is 2.72. The van der Waals surface area contributed by atoms with Gasteiger partial charge in [-0.25, -0.2) is 4.79 Å². The summed E-state index contributed by atoms with van der Waals surface area (Å²) in [5.41, 5.74) is 1.89. The molecule has 0 aliphatic heterocycles. The first-order valence-electron chi connectivity index (χ1n) is 5.80. The lowest BCUT2D eigenvalue weighted by Gasteiger charge is -2.07. The number of allylic oxidation sites excluding steroid dienone is 1. The van der Waals surface area contributed by atoms with E-state index < -0.39 is 0 Å². The number of carbonyl (C=O) groups excluding carboxylic acids is 1. The Labute approximate surface area is 102 Å². The Balaban J connectivity index is 2.43. The number of methoxy groups -OCH3 is 1. The van der Waals surface area contributed by atoms with Gasteiger partial charge in [-0.1, -0.05) is 43.3 Å². The normalized spacial score (nSPS) is 11.3. The number of rotatable bonds is 6. The first-order chi connectivity index (χ1) is 8.27. The van der Waals surface area contributed by atoms with Crippen molar-refractivity contribution >= 4 is 5.97 Å². The Hall–Kier alpha value is -1.61. The molecular formula is C14H19NO2. The molecular weight excluding hydrogens is 214 g/mol. The largest absolute Gasteiger partial charge is 0.466 e. The predicted octanol–water partition coefficient (Wildman–Crippen LogP) is 2.29. The fourth-order valence-corrected chi connectivity index (χ4v) is 1.54. The van der Waals surface area contributed by atoms with Gasteiger partial charge in [0.1, 0.15) is 0 Å². The van der Waals surface area contributed by atoms with E-state index in [0.717, 1.165) is 13.0 Å². The highest BCUT2D eigenvalue weighted by Crippen LogP contribution is 2.01. The molecule has 92 valence electrons. The summed E-state index contributed by atoms with van der Waals surface area (Å²) in [6.45, 7) is 3.29. The van der Waals surface area contributed by atoms with Gasteiger partial charge in [-0.2, -0.15) is 0 Å². The molecule has 0 bridgehead atoms. The third-order valence-corrected chi connectivity index (χ3v) is 2.39. The third-order valence-electron chi connectivity index (χ3n) is 2.39. The van der Waals surface area contributed by atoms with E-state index in [0.29, 0.717) is 12.1 Å². The molecule has 1 aromatic carbocycles. The number of hydrogen-bond donors (Lipinski definition) is 1. The number of esters is 1. The lowest BCUT2D eigenvalue weighted by molar-refractivity contribution is -0.136. The standard InChI is InChI=1S/C14H19NO2/c1-3-7-13(14(16)17-2)11-15-10-12-8-5-4-6-9-12/h4-9,15H,3,10-11H2,1-2H3/b13-7+. The molecule has 3 nitrogen and oxygen atoms in total. The van der Waals surface area contributed by atoms with Gasteiger partial charge >= 0.3 is 5.97 Å². The molecule has 0 fully saturated rings. The van der Waals surface area contributed by atoms with E-state index in [9.17, 15) is 4.79 Å². The summed E-state index contributed by atoms with van der Waals surface area (Å²) in [7, 11) is 1.41. The van der Waals surface area contributed by atoms with Gasteiger partial charge in [0.05, 0.1) is 7.11 Å². The molecule has 0 unspecified atom stereocenters. The molecule has 0 atom stereocenters. The van der Waals surface area contributed by atoms with Crippen molar-refractivity contribution in [1.82, 2.24) is 5.32 Å². The molecule has 0 aliphatic rings. The molecule has 17 heavy (non-hydrogen) atoms. The summed E-state index contributed by atoms with van der Waals surface area (Å²) < 4.78 is 4.72. The Morgan fingerprint density at radius 2 is 2.06 bits per heavy atom. The topological polar surface area (TPSA) is 38.3 Å². The second kappa shape index (κ2) is 7.63. The summed E-state index contributed by atoms with van der Waals surface area (Å²) in [5, 5.41) is 3.23. The molecule has 0 saturated carbocycles. The van der Waals surface area contributed by atoms with Crippen molar-refractivity contribution in [1.29, 1.82) is 0 Å². The summed E-state index contributed by atoms with van der Waals surface area (Å²) in [6, 6.07) is 10.1. The van der Waals surface area contributed by atoms with E-state index in [1.807, 2.05) is 43.3 Å². The molecule has 1 N–H and O–H groups in total. The zero-order valence-corrected chi connectivity index (χ0v) is 10.4. The van der Waals surface area contributed by atoms with Gasteiger partial charge < -0.3 is 10.1 Å². The first-order valence-corrected chi connectivity index (χ1v) is 5.80. The Morgan fingerprint density at radius 1 is 1.35 bits per heavy atom. The van der Waals surface area contributed by atoms with Crippen molar-refractivity contribution in [3.8, 4) is 0 Å². The summed E-state index contributed by atoms with van der Waals surface area (Å²) >= 11 is 0. The Bertz CT molecular complexity index is 371. The maximum Gasteiger partial charge on any atom is 0.334 e. The van der Waals surface area contributed by atoms with Crippen molar-refractivity contribution in [2.75, 3.05) is 13.7 Å². The van der Waals surface area contributed by atoms with Gasteiger partial charge in [-0.15, -0.1) is 0 Å². The van der Waals surface area contributed by atoms with Crippen LogP contribution in [0.5, 0.6) is 0 Å². The van der Waals surface area contributed by atoms with Gasteiger partial charge in [0.25, 0.3) is 0 Å². The van der Waals surface area contributed by atoms with Gasteiger partial charge in [0.15, 0.2) is 0 Å². The van der Waals surface area contributed by atoms with E-state index in [-0.39, 0.29) is 5.97 Å². The van der Waals surface area contributed by atoms with Crippen molar-refractivity contribution in [2.24, 2.45) is 0 Å². The molecule has 0 radical (unpaired) electrons. The van der Waals surface area contributed by atoms with Crippen molar-refractivity contribution in [2.45, 2.75) is 19.9 Å². The zero-order valence-electron chi connectivity index (χ0n) is 10.4. The van der Waals surface area contributed by atoms with Crippen LogP contribution in [0.15, 0.2) is 42.0 Å². The van der Waals surface area contributed by atoms with Crippen molar-refractivity contribution < 1.29 is 9.53 Å². The minimum Gasteiger partial charge on any atom is -0.466 e. The highest BCUT2D eigenvalue weighted by atomic mass is 16.5. The number of nitrogens with one attached hydrogen (secondary N) is 1. The number of hydrogen-bond acceptors (Lipinski definition) is 3. The molecule has 0 heterocycles. The lowest BCUT2D eigenvalue weighted by Crippen LogP contribution is -2.21. The quantitative estimate of drug-likeness (QED) is 0.605. The van der Waals surface area contributed by atoms with Crippen LogP contribution in [0.4, 0.5) is 0 Å². The average Bonchev–Trinajstić information content (AvgIpc) is 2.38. The van der Waals surface area contributed by atoms with Gasteiger partial charge in [-0.3, -0.25) is 0 Å². The van der Waals surface area contributed by atoms with Crippen LogP contribution in [-0.2, 0) is 16.1 Å². The van der Waals surface area contributed by atoms with Crippen LogP contribution in [-0.4, -0.2) is 19.6 Å². The minimum absolute atomic E-state index is 0.257. The van der Waals surface area contributed by atoms with Crippen molar-refractivity contribution in [3.63, 3.8) is 0 Å². The predicted molar refractivity (Wildman–Crippen MR) is 68.5 cm³/mol. The highest BCUT2D eigenvalue weighted by molar-refractivity contribution is 5.88. The van der Waals surface area contributed by atoms with Gasteiger partial charge in [0.2, 0.25) is 0 Å². The maximum absolute atomic E-state index is 11.4. The van der Waals surface area contributed by atoms with E-state index in [1.165, 1.54) is 12.7 Å². The molecule has 1 aromatic rings. The van der Waals surface area contributed by atoms with Crippen molar-refractivity contribution in [3.05, 3.63) is 47.5 Å². The Kier molecular flexibility index (Phi) is 6.04. The summed E-state index contributed by atoms with van der Waals surface area (Å²) in [5.74, 6) is -0.257. The smallest absolute Gasteiger partial charge is 0.334 e. The summed E-state index contributed by atoms with van der Waals surface area (Å²) in [4.78, 5) is 11.4. The molecule has 1 rings (SSSR count). The molecule has 0 amide bonds. The van der Waals surface area contributed by atoms with Crippen LogP contribution in [0.3, 0.4) is 0 Å². The molecule has 0 aliphatic carbocycles. The highest BCUT2D eigenvalue weighted by Gasteiger charge is 2.07. The second-order valence-corrected chi connectivity index (χ2v) is 3.72. The SMILES string of the molecule is CC/C=C(\CNCc1ccccc1)C(=O)OC. The fraction of sp³-hybridized carbons (Fsp3) is 0.357. The van der Waals surface area contributed by atoms with E-state index in [4.69, 9.17) is 4.74 Å². The third kappa shape index (κ3) is 4.83. The maximum atomic E-state index is 11.4. The van der Waals surface area contributed by atoms with Crippen LogP contribution < -0.4 is 5.32 Å². The minimum atomic E-state index is -0.257. The van der Waals surface area contributed by atoms with Gasteiger partial charge in [0, 0.05) is 18.7 Å². The van der Waals surface area contributed by atoms with Crippen LogP contribution in [0.25, 0.3) is 0 Å². The molecule has 0 aromatic heterocycles.